The number of methoxy groups -OCH3 is 2. The number of nitrogens with one attached hydrogen (secondary N) is 1. The lowest BCUT2D eigenvalue weighted by atomic mass is 9.94. The van der Waals surface area contributed by atoms with Crippen molar-refractivity contribution in [2.24, 2.45) is 0 Å². The molecule has 2 N–H and O–H groups in total. The molecule has 0 saturated carbocycles. The first-order valence-electron chi connectivity index (χ1n) is 5.12. The Balaban J connectivity index is 2.73. The first kappa shape index (κ1) is 13.5. The number of alkyl halides is 3. The van der Waals surface area contributed by atoms with E-state index in [0.29, 0.717) is 0 Å². The van der Waals surface area contributed by atoms with Gasteiger partial charge in [-0.1, -0.05) is 0 Å². The van der Waals surface area contributed by atoms with Gasteiger partial charge in [0.2, 0.25) is 0 Å². The molecule has 0 unspecified atom stereocenters. The molecule has 0 bridgehead atoms. The molecule has 19 heavy (non-hydrogen) atoms. The second-order valence-electron chi connectivity index (χ2n) is 3.91. The van der Waals surface area contributed by atoms with Gasteiger partial charge in [-0.2, -0.15) is 13.2 Å². The molecular weight excluding hydrogens is 267 g/mol. The van der Waals surface area contributed by atoms with E-state index in [1.165, 1.54) is 20.3 Å². The van der Waals surface area contributed by atoms with Crippen molar-refractivity contribution in [1.29, 1.82) is 0 Å². The largest absolute Gasteiger partial charge is 0.497 e. The van der Waals surface area contributed by atoms with Gasteiger partial charge in [-0.3, -0.25) is 4.79 Å². The minimum absolute atomic E-state index is 0.0251. The van der Waals surface area contributed by atoms with Crippen molar-refractivity contribution < 1.29 is 32.5 Å². The third kappa shape index (κ3) is 1.71. The average molecular weight is 277 g/mol. The second kappa shape index (κ2) is 4.02. The zero-order valence-electron chi connectivity index (χ0n) is 9.96. The Kier molecular flexibility index (Phi) is 2.85. The number of amides is 1. The van der Waals surface area contributed by atoms with Crippen LogP contribution in [0.1, 0.15) is 5.56 Å². The molecule has 1 aliphatic heterocycles. The van der Waals surface area contributed by atoms with E-state index < -0.39 is 23.2 Å². The Morgan fingerprint density at radius 3 is 2.37 bits per heavy atom. The molecule has 0 aromatic heterocycles. The molecule has 1 aromatic carbocycles. The minimum atomic E-state index is -5.15. The number of fused-ring (bicyclic) bond motifs is 1. The molecule has 1 atom stereocenters. The number of anilines is 1. The summed E-state index contributed by atoms with van der Waals surface area (Å²) in [5.41, 5.74) is -4.46. The van der Waals surface area contributed by atoms with Gasteiger partial charge in [0, 0.05) is 11.6 Å². The number of ether oxygens (including phenoxy) is 2. The number of aliphatic hydroxyl groups is 1. The third-order valence-corrected chi connectivity index (χ3v) is 2.90. The highest BCUT2D eigenvalue weighted by Crippen LogP contribution is 2.51. The summed E-state index contributed by atoms with van der Waals surface area (Å²) < 4.78 is 48.6. The van der Waals surface area contributed by atoms with Crippen LogP contribution in [0.25, 0.3) is 0 Å². The SMILES string of the molecule is COc1cc(OC)c2c(c1)[C@](O)(C(F)(F)F)C(=O)N2. The maximum atomic E-state index is 13.0. The lowest BCUT2D eigenvalue weighted by Crippen LogP contribution is -2.47. The molecule has 1 heterocycles. The number of benzene rings is 1. The highest BCUT2D eigenvalue weighted by atomic mass is 19.4. The number of hydrogen-bond acceptors (Lipinski definition) is 4. The van der Waals surface area contributed by atoms with Crippen molar-refractivity contribution in [2.45, 2.75) is 11.8 Å². The highest BCUT2D eigenvalue weighted by molar-refractivity contribution is 6.07. The van der Waals surface area contributed by atoms with Gasteiger partial charge in [0.1, 0.15) is 11.5 Å². The Morgan fingerprint density at radius 1 is 1.26 bits per heavy atom. The molecule has 5 nitrogen and oxygen atoms in total. The quantitative estimate of drug-likeness (QED) is 0.857. The van der Waals surface area contributed by atoms with E-state index in [4.69, 9.17) is 9.47 Å². The lowest BCUT2D eigenvalue weighted by Gasteiger charge is -2.24. The topological polar surface area (TPSA) is 67.8 Å². The van der Waals surface area contributed by atoms with Gasteiger partial charge in [-0.05, 0) is 6.07 Å². The van der Waals surface area contributed by atoms with E-state index in [1.54, 1.807) is 0 Å². The van der Waals surface area contributed by atoms with Crippen LogP contribution in [0.4, 0.5) is 18.9 Å². The summed E-state index contributed by atoms with van der Waals surface area (Å²) in [5.74, 6) is -1.56. The number of rotatable bonds is 2. The van der Waals surface area contributed by atoms with E-state index in [-0.39, 0.29) is 17.2 Å². The monoisotopic (exact) mass is 277 g/mol. The van der Waals surface area contributed by atoms with Gasteiger partial charge >= 0.3 is 6.18 Å². The summed E-state index contributed by atoms with van der Waals surface area (Å²) in [6.45, 7) is 0. The number of carbonyl (C=O) groups excluding carboxylic acids is 1. The fraction of sp³-hybridized carbons (Fsp3) is 0.364. The molecule has 0 radical (unpaired) electrons. The summed E-state index contributed by atoms with van der Waals surface area (Å²) in [5, 5.41) is 11.7. The summed E-state index contributed by atoms with van der Waals surface area (Å²) in [6, 6.07) is 2.25. The zero-order valence-corrected chi connectivity index (χ0v) is 9.96. The highest BCUT2D eigenvalue weighted by Gasteiger charge is 2.65. The predicted molar refractivity (Wildman–Crippen MR) is 58.1 cm³/mol. The van der Waals surface area contributed by atoms with Gasteiger partial charge < -0.3 is 19.9 Å². The fourth-order valence-corrected chi connectivity index (χ4v) is 1.89. The summed E-state index contributed by atoms with van der Waals surface area (Å²) >= 11 is 0. The Morgan fingerprint density at radius 2 is 1.89 bits per heavy atom. The normalized spacial score (nSPS) is 21.9. The van der Waals surface area contributed by atoms with Crippen LogP contribution in [-0.2, 0) is 10.4 Å². The van der Waals surface area contributed by atoms with E-state index in [9.17, 15) is 23.1 Å². The second-order valence-corrected chi connectivity index (χ2v) is 3.91. The molecule has 0 spiro atoms. The van der Waals surface area contributed by atoms with Crippen molar-refractivity contribution in [3.05, 3.63) is 17.7 Å². The van der Waals surface area contributed by atoms with E-state index in [1.807, 2.05) is 5.32 Å². The van der Waals surface area contributed by atoms with Crippen LogP contribution >= 0.6 is 0 Å². The third-order valence-electron chi connectivity index (χ3n) is 2.90. The van der Waals surface area contributed by atoms with Crippen LogP contribution in [0.3, 0.4) is 0 Å². The van der Waals surface area contributed by atoms with Crippen molar-refractivity contribution in [3.8, 4) is 11.5 Å². The number of carbonyl (C=O) groups is 1. The van der Waals surface area contributed by atoms with Gasteiger partial charge in [-0.25, -0.2) is 0 Å². The molecule has 0 fully saturated rings. The Hall–Kier alpha value is -1.96. The Bertz CT molecular complexity index is 543. The van der Waals surface area contributed by atoms with Crippen molar-refractivity contribution in [3.63, 3.8) is 0 Å². The van der Waals surface area contributed by atoms with Crippen LogP contribution in [0.2, 0.25) is 0 Å². The van der Waals surface area contributed by atoms with Crippen molar-refractivity contribution in [2.75, 3.05) is 19.5 Å². The van der Waals surface area contributed by atoms with E-state index in [2.05, 4.69) is 0 Å². The standard InChI is InChI=1S/C11H10F3NO4/c1-18-5-3-6-8(7(4-5)19-2)15-9(16)10(6,17)11(12,13)14/h3-4,17H,1-2H3,(H,15,16)/t10-/m1/s1. The molecule has 8 heteroatoms. The van der Waals surface area contributed by atoms with E-state index >= 15 is 0 Å². The van der Waals surface area contributed by atoms with Crippen LogP contribution in [0.5, 0.6) is 11.5 Å². The molecule has 1 aromatic rings. The smallest absolute Gasteiger partial charge is 0.430 e. The minimum Gasteiger partial charge on any atom is -0.497 e. The lowest BCUT2D eigenvalue weighted by molar-refractivity contribution is -0.252. The summed E-state index contributed by atoms with van der Waals surface area (Å²) in [7, 11) is 2.48. The van der Waals surface area contributed by atoms with Crippen LogP contribution in [0, 0.1) is 0 Å². The number of hydrogen-bond donors (Lipinski definition) is 2. The molecule has 1 aliphatic rings. The predicted octanol–water partition coefficient (Wildman–Crippen LogP) is 1.41. The first-order valence-corrected chi connectivity index (χ1v) is 5.12. The molecule has 0 aliphatic carbocycles. The van der Waals surface area contributed by atoms with E-state index in [0.717, 1.165) is 6.07 Å². The zero-order chi connectivity index (χ0) is 14.4. The first-order chi connectivity index (χ1) is 8.75. The van der Waals surface area contributed by atoms with Crippen LogP contribution in [-0.4, -0.2) is 31.4 Å². The molecule has 0 saturated heterocycles. The maximum Gasteiger partial charge on any atom is 0.430 e. The van der Waals surface area contributed by atoms with Gasteiger partial charge in [-0.15, -0.1) is 0 Å². The Labute approximate surface area is 105 Å². The molecule has 104 valence electrons. The fourth-order valence-electron chi connectivity index (χ4n) is 1.89. The van der Waals surface area contributed by atoms with Crippen LogP contribution < -0.4 is 14.8 Å². The molecule has 1 amide bonds. The molecule has 2 rings (SSSR count). The van der Waals surface area contributed by atoms with Crippen molar-refractivity contribution >= 4 is 11.6 Å². The van der Waals surface area contributed by atoms with Crippen LogP contribution in [0.15, 0.2) is 12.1 Å². The summed E-state index contributed by atoms with van der Waals surface area (Å²) in [4.78, 5) is 11.5. The number of halogens is 3. The van der Waals surface area contributed by atoms with Gasteiger partial charge in [0.25, 0.3) is 11.5 Å². The average Bonchev–Trinajstić information content (AvgIpc) is 2.61. The molecular formula is C11H10F3NO4. The maximum absolute atomic E-state index is 13.0. The summed E-state index contributed by atoms with van der Waals surface area (Å²) in [6.07, 6.45) is -5.15. The van der Waals surface area contributed by atoms with Gasteiger partial charge in [0.05, 0.1) is 19.9 Å². The van der Waals surface area contributed by atoms with Crippen molar-refractivity contribution in [1.82, 2.24) is 0 Å². The van der Waals surface area contributed by atoms with Gasteiger partial charge in [0.15, 0.2) is 0 Å².